The molecule has 0 aliphatic carbocycles. The van der Waals surface area contributed by atoms with Gasteiger partial charge < -0.3 is 0 Å². The zero-order chi connectivity index (χ0) is 9.68. The maximum absolute atomic E-state index is 10.0. The van der Waals surface area contributed by atoms with Crippen LogP contribution in [-0.4, -0.2) is 6.08 Å². The van der Waals surface area contributed by atoms with Crippen molar-refractivity contribution in [3.63, 3.8) is 0 Å². The minimum absolute atomic E-state index is 0.717. The van der Waals surface area contributed by atoms with E-state index in [9.17, 15) is 4.79 Å². The molecule has 1 aromatic carbocycles. The average molecular weight is 175 g/mol. The maximum Gasteiger partial charge on any atom is 0.240 e. The van der Waals surface area contributed by atoms with Crippen LogP contribution < -0.4 is 0 Å². The van der Waals surface area contributed by atoms with Gasteiger partial charge in [0.05, 0.1) is 5.69 Å². The minimum Gasteiger partial charge on any atom is -0.211 e. The molecule has 0 aromatic heterocycles. The number of rotatable bonds is 3. The molecule has 0 aliphatic rings. The van der Waals surface area contributed by atoms with Crippen molar-refractivity contribution in [2.75, 3.05) is 0 Å². The van der Waals surface area contributed by atoms with Crippen molar-refractivity contribution in [2.45, 2.75) is 26.7 Å². The van der Waals surface area contributed by atoms with Crippen molar-refractivity contribution in [3.8, 4) is 0 Å². The number of hydrogen-bond acceptors (Lipinski definition) is 2. The normalized spacial score (nSPS) is 9.38. The van der Waals surface area contributed by atoms with Gasteiger partial charge in [0.2, 0.25) is 6.08 Å². The molecule has 2 nitrogen and oxygen atoms in total. The summed E-state index contributed by atoms with van der Waals surface area (Å²) in [6.07, 6.45) is 3.76. The summed E-state index contributed by atoms with van der Waals surface area (Å²) >= 11 is 0. The molecule has 68 valence electrons. The molecular weight excluding hydrogens is 162 g/mol. The highest BCUT2D eigenvalue weighted by Crippen LogP contribution is 2.19. The van der Waals surface area contributed by atoms with E-state index in [0.29, 0.717) is 0 Å². The largest absolute Gasteiger partial charge is 0.240 e. The lowest BCUT2D eigenvalue weighted by Gasteiger charge is -2.02. The molecule has 13 heavy (non-hydrogen) atoms. The Morgan fingerprint density at radius 3 is 2.77 bits per heavy atom. The van der Waals surface area contributed by atoms with Crippen LogP contribution in [0.3, 0.4) is 0 Å². The minimum atomic E-state index is 0.717. The van der Waals surface area contributed by atoms with Gasteiger partial charge in [-0.2, -0.15) is 4.99 Å². The molecule has 0 fully saturated rings. The van der Waals surface area contributed by atoms with Gasteiger partial charge in [-0.3, -0.25) is 0 Å². The number of nitrogens with zero attached hydrogens (tertiary/aromatic N) is 1. The highest BCUT2D eigenvalue weighted by molar-refractivity contribution is 5.54. The number of aryl methyl sites for hydroxylation is 2. The highest BCUT2D eigenvalue weighted by Gasteiger charge is 1.97. The molecule has 0 saturated carbocycles. The van der Waals surface area contributed by atoms with Crippen LogP contribution in [0.5, 0.6) is 0 Å². The zero-order valence-corrected chi connectivity index (χ0v) is 8.00. The Bertz CT molecular complexity index is 338. The molecule has 0 aliphatic heterocycles. The Kier molecular flexibility index (Phi) is 3.41. The van der Waals surface area contributed by atoms with Gasteiger partial charge in [0.1, 0.15) is 0 Å². The Morgan fingerprint density at radius 2 is 2.23 bits per heavy atom. The monoisotopic (exact) mass is 175 g/mol. The second-order valence-electron chi connectivity index (χ2n) is 3.07. The van der Waals surface area contributed by atoms with E-state index in [1.54, 1.807) is 6.08 Å². The fourth-order valence-corrected chi connectivity index (χ4v) is 1.34. The number of isocyanates is 1. The summed E-state index contributed by atoms with van der Waals surface area (Å²) in [4.78, 5) is 13.6. The van der Waals surface area contributed by atoms with Gasteiger partial charge in [-0.25, -0.2) is 4.79 Å². The first-order valence-corrected chi connectivity index (χ1v) is 4.45. The van der Waals surface area contributed by atoms with Crippen molar-refractivity contribution < 1.29 is 4.79 Å². The smallest absolute Gasteiger partial charge is 0.211 e. The van der Waals surface area contributed by atoms with Crippen molar-refractivity contribution >= 4 is 11.8 Å². The standard InChI is InChI=1S/C11H13NO/c1-3-4-10-5-6-11(12-8-13)9(2)7-10/h5-7H,3-4H2,1-2H3. The maximum atomic E-state index is 10.0. The van der Waals surface area contributed by atoms with E-state index >= 15 is 0 Å². The van der Waals surface area contributed by atoms with Gasteiger partial charge in [-0.15, -0.1) is 0 Å². The molecule has 2 heteroatoms. The lowest BCUT2D eigenvalue weighted by atomic mass is 10.1. The molecule has 0 unspecified atom stereocenters. The quantitative estimate of drug-likeness (QED) is 0.513. The summed E-state index contributed by atoms with van der Waals surface area (Å²) in [5, 5.41) is 0. The first-order chi connectivity index (χ1) is 6.27. The van der Waals surface area contributed by atoms with Crippen molar-refractivity contribution in [2.24, 2.45) is 4.99 Å². The number of aliphatic imine (C=N–C) groups is 1. The second-order valence-corrected chi connectivity index (χ2v) is 3.07. The van der Waals surface area contributed by atoms with Gasteiger partial charge in [0.15, 0.2) is 0 Å². The number of carbonyl (C=O) groups excluding carboxylic acids is 1. The SMILES string of the molecule is CCCc1ccc(N=C=O)c(C)c1. The first kappa shape index (κ1) is 9.69. The summed E-state index contributed by atoms with van der Waals surface area (Å²) in [5.74, 6) is 0. The molecule has 0 atom stereocenters. The van der Waals surface area contributed by atoms with Crippen LogP contribution in [0.25, 0.3) is 0 Å². The predicted molar refractivity (Wildman–Crippen MR) is 53.0 cm³/mol. The van der Waals surface area contributed by atoms with Gasteiger partial charge >= 0.3 is 0 Å². The molecule has 1 aromatic rings. The van der Waals surface area contributed by atoms with Crippen LogP contribution in [0.4, 0.5) is 5.69 Å². The fraction of sp³-hybridized carbons (Fsp3) is 0.364. The van der Waals surface area contributed by atoms with E-state index in [-0.39, 0.29) is 0 Å². The summed E-state index contributed by atoms with van der Waals surface area (Å²) in [6.45, 7) is 4.10. The third-order valence-electron chi connectivity index (χ3n) is 1.97. The van der Waals surface area contributed by atoms with Crippen LogP contribution in [0.15, 0.2) is 23.2 Å². The summed E-state index contributed by atoms with van der Waals surface area (Å²) < 4.78 is 0. The first-order valence-electron chi connectivity index (χ1n) is 4.45. The second kappa shape index (κ2) is 4.58. The summed E-state index contributed by atoms with van der Waals surface area (Å²) in [6, 6.07) is 5.94. The molecular formula is C11H13NO. The van der Waals surface area contributed by atoms with Gasteiger partial charge in [-0.1, -0.05) is 25.5 Å². The van der Waals surface area contributed by atoms with Crippen molar-refractivity contribution in [3.05, 3.63) is 29.3 Å². The van der Waals surface area contributed by atoms with Crippen LogP contribution in [0.1, 0.15) is 24.5 Å². The van der Waals surface area contributed by atoms with Crippen LogP contribution >= 0.6 is 0 Å². The molecule has 0 amide bonds. The predicted octanol–water partition coefficient (Wildman–Crippen LogP) is 2.91. The lowest BCUT2D eigenvalue weighted by Crippen LogP contribution is -1.84. The van der Waals surface area contributed by atoms with E-state index in [0.717, 1.165) is 24.1 Å². The fourth-order valence-electron chi connectivity index (χ4n) is 1.34. The molecule has 0 N–H and O–H groups in total. The molecule has 0 heterocycles. The molecule has 0 radical (unpaired) electrons. The molecule has 0 spiro atoms. The molecule has 1 rings (SSSR count). The summed E-state index contributed by atoms with van der Waals surface area (Å²) in [7, 11) is 0. The lowest BCUT2D eigenvalue weighted by molar-refractivity contribution is 0.565. The van der Waals surface area contributed by atoms with Crippen LogP contribution in [-0.2, 0) is 11.2 Å². The van der Waals surface area contributed by atoms with E-state index < -0.39 is 0 Å². The zero-order valence-electron chi connectivity index (χ0n) is 8.00. The molecule has 0 saturated heterocycles. The topological polar surface area (TPSA) is 29.4 Å². The van der Waals surface area contributed by atoms with E-state index in [4.69, 9.17) is 0 Å². The van der Waals surface area contributed by atoms with E-state index in [1.165, 1.54) is 5.56 Å². The summed E-state index contributed by atoms with van der Waals surface area (Å²) in [5.41, 5.74) is 3.05. The van der Waals surface area contributed by atoms with Gasteiger partial charge in [0, 0.05) is 0 Å². The third-order valence-corrected chi connectivity index (χ3v) is 1.97. The van der Waals surface area contributed by atoms with Crippen LogP contribution in [0.2, 0.25) is 0 Å². The van der Waals surface area contributed by atoms with E-state index in [2.05, 4.69) is 18.0 Å². The van der Waals surface area contributed by atoms with E-state index in [1.807, 2.05) is 19.1 Å². The third kappa shape index (κ3) is 2.53. The average Bonchev–Trinajstić information content (AvgIpc) is 2.10. The van der Waals surface area contributed by atoms with Gasteiger partial charge in [0.25, 0.3) is 0 Å². The Labute approximate surface area is 78.3 Å². The Balaban J connectivity index is 2.98. The highest BCUT2D eigenvalue weighted by atomic mass is 16.1. The van der Waals surface area contributed by atoms with Crippen molar-refractivity contribution in [1.29, 1.82) is 0 Å². The number of benzene rings is 1. The van der Waals surface area contributed by atoms with Crippen LogP contribution in [0, 0.1) is 6.92 Å². The Morgan fingerprint density at radius 1 is 1.46 bits per heavy atom. The molecule has 0 bridgehead atoms. The Hall–Kier alpha value is -1.40. The number of hydrogen-bond donors (Lipinski definition) is 0. The van der Waals surface area contributed by atoms with Crippen molar-refractivity contribution in [1.82, 2.24) is 0 Å². The van der Waals surface area contributed by atoms with Gasteiger partial charge in [-0.05, 0) is 30.5 Å².